The minimum absolute atomic E-state index is 0. The first-order valence-corrected chi connectivity index (χ1v) is 7.69. The first-order valence-electron chi connectivity index (χ1n) is 7.69. The van der Waals surface area contributed by atoms with Gasteiger partial charge in [-0.05, 0) is 18.6 Å². The van der Waals surface area contributed by atoms with Crippen molar-refractivity contribution in [3.05, 3.63) is 47.7 Å². The number of nitrogens with zero attached hydrogens (tertiary/aromatic N) is 5. The highest BCUT2D eigenvalue weighted by atomic mass is 35.5. The molecule has 144 valence electrons. The fraction of sp³-hybridized carbons (Fsp3) is 0.250. The second kappa shape index (κ2) is 8.31. The third-order valence-corrected chi connectivity index (χ3v) is 3.69. The van der Waals surface area contributed by atoms with Crippen molar-refractivity contribution in [3.8, 4) is 11.4 Å². The summed E-state index contributed by atoms with van der Waals surface area (Å²) < 4.78 is 43.0. The van der Waals surface area contributed by atoms with Gasteiger partial charge in [0.05, 0.1) is 11.1 Å². The van der Waals surface area contributed by atoms with Crippen molar-refractivity contribution in [3.63, 3.8) is 0 Å². The van der Waals surface area contributed by atoms with Crippen molar-refractivity contribution in [1.29, 1.82) is 0 Å². The molecule has 0 aliphatic carbocycles. The van der Waals surface area contributed by atoms with Crippen LogP contribution in [0.1, 0.15) is 30.5 Å². The number of rotatable bonds is 5. The molecule has 0 saturated heterocycles. The van der Waals surface area contributed by atoms with Crippen molar-refractivity contribution in [1.82, 2.24) is 24.7 Å². The Bertz CT molecular complexity index is 930. The lowest BCUT2D eigenvalue weighted by molar-refractivity contribution is 0.144. The van der Waals surface area contributed by atoms with E-state index in [-0.39, 0.29) is 35.3 Å². The summed E-state index contributed by atoms with van der Waals surface area (Å²) in [6, 6.07) is 3.65. The summed E-state index contributed by atoms with van der Waals surface area (Å²) in [5.74, 6) is -0.576. The number of hydrogen-bond donors (Lipinski definition) is 2. The van der Waals surface area contributed by atoms with Gasteiger partial charge in [-0.25, -0.2) is 23.1 Å². The average Bonchev–Trinajstić information content (AvgIpc) is 2.99. The van der Waals surface area contributed by atoms with Crippen LogP contribution in [0.5, 0.6) is 0 Å². The Morgan fingerprint density at radius 2 is 1.93 bits per heavy atom. The fourth-order valence-corrected chi connectivity index (χ4v) is 2.48. The minimum Gasteiger partial charge on any atom is -0.324 e. The van der Waals surface area contributed by atoms with E-state index in [0.717, 1.165) is 6.33 Å². The minimum atomic E-state index is -3.01. The molecule has 0 bridgehead atoms. The van der Waals surface area contributed by atoms with E-state index in [1.807, 2.05) is 0 Å². The molecule has 0 saturated carbocycles. The van der Waals surface area contributed by atoms with Crippen molar-refractivity contribution in [2.75, 3.05) is 5.32 Å². The molecule has 7 nitrogen and oxygen atoms in total. The maximum absolute atomic E-state index is 14.7. The molecule has 0 fully saturated rings. The van der Waals surface area contributed by atoms with Crippen LogP contribution in [0.3, 0.4) is 0 Å². The average molecular weight is 400 g/mol. The molecule has 1 atom stereocenters. The van der Waals surface area contributed by atoms with Gasteiger partial charge in [0.1, 0.15) is 12.1 Å². The van der Waals surface area contributed by atoms with Crippen molar-refractivity contribution < 1.29 is 13.2 Å². The van der Waals surface area contributed by atoms with Crippen molar-refractivity contribution in [2.24, 2.45) is 12.8 Å². The van der Waals surface area contributed by atoms with Crippen LogP contribution in [0.2, 0.25) is 0 Å². The first-order chi connectivity index (χ1) is 12.4. The van der Waals surface area contributed by atoms with Gasteiger partial charge in [0.15, 0.2) is 11.6 Å². The molecule has 2 heterocycles. The molecule has 0 aliphatic heterocycles. The number of halogens is 4. The molecule has 0 spiro atoms. The van der Waals surface area contributed by atoms with E-state index in [2.05, 4.69) is 25.4 Å². The third-order valence-electron chi connectivity index (χ3n) is 3.69. The number of aromatic nitrogens is 5. The Hall–Kier alpha value is -2.72. The lowest BCUT2D eigenvalue weighted by Gasteiger charge is -2.15. The maximum atomic E-state index is 14.7. The van der Waals surface area contributed by atoms with Gasteiger partial charge in [-0.2, -0.15) is 10.1 Å². The summed E-state index contributed by atoms with van der Waals surface area (Å²) in [4.78, 5) is 11.9. The number of aryl methyl sites for hydroxylation is 1. The van der Waals surface area contributed by atoms with Gasteiger partial charge < -0.3 is 11.1 Å². The van der Waals surface area contributed by atoms with E-state index in [4.69, 9.17) is 5.73 Å². The summed E-state index contributed by atoms with van der Waals surface area (Å²) in [5.41, 5.74) is 4.81. The molecule has 3 N–H and O–H groups in total. The van der Waals surface area contributed by atoms with Crippen LogP contribution in [0.4, 0.5) is 24.9 Å². The number of benzene rings is 1. The Balaban J connectivity index is 0.00000261. The molecule has 3 rings (SSSR count). The SMILES string of the molecule is C[C@@H](N)c1ccc(-c2ncnc(Nc3ccn(C)n3)n2)c(F)c1C(F)F.Cl. The molecule has 0 unspecified atom stereocenters. The number of alkyl halides is 2. The summed E-state index contributed by atoms with van der Waals surface area (Å²) >= 11 is 0. The van der Waals surface area contributed by atoms with Crippen LogP contribution in [-0.4, -0.2) is 24.7 Å². The summed E-state index contributed by atoms with van der Waals surface area (Å²) in [6.07, 6.45) is -0.135. The number of hydrogen-bond acceptors (Lipinski definition) is 6. The Morgan fingerprint density at radius 1 is 1.19 bits per heavy atom. The summed E-state index contributed by atoms with van der Waals surface area (Å²) in [6.45, 7) is 1.51. The fourth-order valence-electron chi connectivity index (χ4n) is 2.48. The second-order valence-electron chi connectivity index (χ2n) is 5.65. The van der Waals surface area contributed by atoms with E-state index in [1.54, 1.807) is 24.0 Å². The molecule has 11 heteroatoms. The van der Waals surface area contributed by atoms with Gasteiger partial charge in [-0.3, -0.25) is 4.68 Å². The highest BCUT2D eigenvalue weighted by molar-refractivity contribution is 5.85. The van der Waals surface area contributed by atoms with Crippen molar-refractivity contribution in [2.45, 2.75) is 19.4 Å². The van der Waals surface area contributed by atoms with Gasteiger partial charge in [0, 0.05) is 25.4 Å². The summed E-state index contributed by atoms with van der Waals surface area (Å²) in [7, 11) is 1.74. The molecule has 27 heavy (non-hydrogen) atoms. The van der Waals surface area contributed by atoms with Crippen molar-refractivity contribution >= 4 is 24.2 Å². The van der Waals surface area contributed by atoms with Crippen LogP contribution in [0.15, 0.2) is 30.7 Å². The standard InChI is InChI=1S/C16H16F3N7.ClH/c1-8(20)9-3-4-10(13(17)12(9)14(18)19)15-21-7-22-16(24-15)23-11-5-6-26(2)25-11;/h3-8,14H,20H2,1-2H3,(H,21,22,23,24,25);1H/t8-;/m1./s1. The topological polar surface area (TPSA) is 94.5 Å². The molecular weight excluding hydrogens is 383 g/mol. The molecular formula is C16H17ClF3N7. The van der Waals surface area contributed by atoms with E-state index < -0.39 is 23.8 Å². The molecule has 1 aromatic carbocycles. The Kier molecular flexibility index (Phi) is 6.34. The van der Waals surface area contributed by atoms with E-state index in [1.165, 1.54) is 19.1 Å². The van der Waals surface area contributed by atoms with E-state index in [0.29, 0.717) is 5.82 Å². The lowest BCUT2D eigenvalue weighted by Crippen LogP contribution is -2.11. The number of nitrogens with two attached hydrogens (primary N) is 1. The monoisotopic (exact) mass is 399 g/mol. The highest BCUT2D eigenvalue weighted by Gasteiger charge is 2.24. The predicted octanol–water partition coefficient (Wildman–Crippen LogP) is 3.53. The molecule has 2 aromatic heterocycles. The Morgan fingerprint density at radius 3 is 2.52 bits per heavy atom. The molecule has 0 radical (unpaired) electrons. The summed E-state index contributed by atoms with van der Waals surface area (Å²) in [5, 5.41) is 6.95. The van der Waals surface area contributed by atoms with Crippen LogP contribution in [-0.2, 0) is 7.05 Å². The van der Waals surface area contributed by atoms with Crippen LogP contribution < -0.4 is 11.1 Å². The van der Waals surface area contributed by atoms with Gasteiger partial charge in [0.2, 0.25) is 5.95 Å². The molecule has 0 aliphatic rings. The largest absolute Gasteiger partial charge is 0.324 e. The zero-order valence-electron chi connectivity index (χ0n) is 14.4. The smallest absolute Gasteiger partial charge is 0.267 e. The lowest BCUT2D eigenvalue weighted by atomic mass is 9.98. The van der Waals surface area contributed by atoms with Gasteiger partial charge in [-0.15, -0.1) is 12.4 Å². The van der Waals surface area contributed by atoms with Gasteiger partial charge >= 0.3 is 0 Å². The maximum Gasteiger partial charge on any atom is 0.267 e. The zero-order chi connectivity index (χ0) is 18.8. The third kappa shape index (κ3) is 4.34. The number of anilines is 2. The van der Waals surface area contributed by atoms with Crippen LogP contribution in [0, 0.1) is 5.82 Å². The van der Waals surface area contributed by atoms with E-state index >= 15 is 0 Å². The normalized spacial score (nSPS) is 12.0. The quantitative estimate of drug-likeness (QED) is 0.681. The van der Waals surface area contributed by atoms with Gasteiger partial charge in [-0.1, -0.05) is 6.07 Å². The number of nitrogens with one attached hydrogen (secondary N) is 1. The highest BCUT2D eigenvalue weighted by Crippen LogP contribution is 2.34. The van der Waals surface area contributed by atoms with Gasteiger partial charge in [0.25, 0.3) is 6.43 Å². The van der Waals surface area contributed by atoms with Crippen LogP contribution >= 0.6 is 12.4 Å². The van der Waals surface area contributed by atoms with E-state index in [9.17, 15) is 13.2 Å². The molecule has 3 aromatic rings. The first kappa shape index (κ1) is 20.6. The zero-order valence-corrected chi connectivity index (χ0v) is 15.2. The predicted molar refractivity (Wildman–Crippen MR) is 96.5 cm³/mol. The van der Waals surface area contributed by atoms with Crippen LogP contribution in [0.25, 0.3) is 11.4 Å². The Labute approximate surface area is 159 Å². The second-order valence-corrected chi connectivity index (χ2v) is 5.65. The molecule has 0 amide bonds.